The summed E-state index contributed by atoms with van der Waals surface area (Å²) in [5.74, 6) is 0.815. The maximum atomic E-state index is 4.55. The molecule has 0 radical (unpaired) electrons. The van der Waals surface area contributed by atoms with E-state index >= 15 is 0 Å². The number of benzene rings is 3. The predicted octanol–water partition coefficient (Wildman–Crippen LogP) is 5.83. The molecule has 5 heteroatoms. The Kier molecular flexibility index (Phi) is 4.02. The van der Waals surface area contributed by atoms with Gasteiger partial charge in [-0.05, 0) is 60.4 Å². The molecule has 2 aromatic heterocycles. The van der Waals surface area contributed by atoms with Gasteiger partial charge in [-0.2, -0.15) is 0 Å². The minimum atomic E-state index is 0.815. The first-order chi connectivity index (χ1) is 13.7. The molecule has 2 heterocycles. The largest absolute Gasteiger partial charge is 0.281 e. The molecule has 0 aliphatic carbocycles. The van der Waals surface area contributed by atoms with Crippen LogP contribution in [0.3, 0.4) is 0 Å². The number of thiazole rings is 1. The lowest BCUT2D eigenvalue weighted by Crippen LogP contribution is -2.02. The van der Waals surface area contributed by atoms with Crippen LogP contribution in [0.4, 0.5) is 0 Å². The number of aryl methyl sites for hydroxylation is 2. The molecule has 0 aliphatic rings. The Bertz CT molecular complexity index is 1260. The molecule has 0 unspecified atom stereocenters. The summed E-state index contributed by atoms with van der Waals surface area (Å²) in [7, 11) is 0. The van der Waals surface area contributed by atoms with Gasteiger partial charge in [0.25, 0.3) is 0 Å². The molecule has 136 valence electrons. The third-order valence-electron chi connectivity index (χ3n) is 4.99. The summed E-state index contributed by atoms with van der Waals surface area (Å²) >= 11 is 1.64. The number of hydrogen-bond acceptors (Lipinski definition) is 4. The van der Waals surface area contributed by atoms with Gasteiger partial charge in [0.15, 0.2) is 5.82 Å². The first-order valence-corrected chi connectivity index (χ1v) is 10.00. The van der Waals surface area contributed by atoms with Gasteiger partial charge in [0.1, 0.15) is 6.33 Å². The van der Waals surface area contributed by atoms with Crippen molar-refractivity contribution in [2.45, 2.75) is 13.8 Å². The van der Waals surface area contributed by atoms with Crippen LogP contribution in [0.5, 0.6) is 0 Å². The van der Waals surface area contributed by atoms with E-state index in [9.17, 15) is 0 Å². The molecular weight excluding hydrogens is 364 g/mol. The number of hydrogen-bond donors (Lipinski definition) is 0. The summed E-state index contributed by atoms with van der Waals surface area (Å²) in [4.78, 5) is 4.55. The van der Waals surface area contributed by atoms with Crippen molar-refractivity contribution in [2.75, 3.05) is 0 Å². The Labute approximate surface area is 167 Å². The first-order valence-electron chi connectivity index (χ1n) is 9.12. The van der Waals surface area contributed by atoms with Crippen LogP contribution in [0.2, 0.25) is 0 Å². The number of aromatic nitrogens is 4. The van der Waals surface area contributed by atoms with Crippen LogP contribution >= 0.6 is 11.3 Å². The van der Waals surface area contributed by atoms with E-state index in [4.69, 9.17) is 0 Å². The first kappa shape index (κ1) is 16.8. The topological polar surface area (TPSA) is 43.6 Å². The van der Waals surface area contributed by atoms with Crippen LogP contribution < -0.4 is 0 Å². The molecular formula is C23H18N4S. The van der Waals surface area contributed by atoms with E-state index in [1.54, 1.807) is 17.7 Å². The zero-order chi connectivity index (χ0) is 19.1. The molecule has 4 nitrogen and oxygen atoms in total. The van der Waals surface area contributed by atoms with Crippen molar-refractivity contribution in [1.82, 2.24) is 19.7 Å². The summed E-state index contributed by atoms with van der Waals surface area (Å²) in [6.45, 7) is 4.28. The molecule has 0 spiro atoms. The molecule has 0 saturated carbocycles. The molecule has 5 aromatic rings. The highest BCUT2D eigenvalue weighted by atomic mass is 32.1. The predicted molar refractivity (Wildman–Crippen MR) is 115 cm³/mol. The van der Waals surface area contributed by atoms with Gasteiger partial charge < -0.3 is 0 Å². The lowest BCUT2D eigenvalue weighted by molar-refractivity contribution is 1.03. The molecule has 0 saturated heterocycles. The van der Waals surface area contributed by atoms with Crippen molar-refractivity contribution in [3.05, 3.63) is 83.6 Å². The fraction of sp³-hybridized carbons (Fsp3) is 0.0870. The normalized spacial score (nSPS) is 11.2. The summed E-state index contributed by atoms with van der Waals surface area (Å²) < 4.78 is 3.23. The lowest BCUT2D eigenvalue weighted by Gasteiger charge is -2.15. The van der Waals surface area contributed by atoms with E-state index in [1.165, 1.54) is 22.3 Å². The van der Waals surface area contributed by atoms with Crippen LogP contribution in [-0.2, 0) is 0 Å². The van der Waals surface area contributed by atoms with E-state index < -0.39 is 0 Å². The summed E-state index contributed by atoms with van der Waals surface area (Å²) in [6.07, 6.45) is 1.79. The third-order valence-corrected chi connectivity index (χ3v) is 5.78. The average molecular weight is 382 g/mol. The van der Waals surface area contributed by atoms with E-state index in [0.29, 0.717) is 0 Å². The zero-order valence-corrected chi connectivity index (χ0v) is 16.4. The number of nitrogens with zero attached hydrogens (tertiary/aromatic N) is 4. The van der Waals surface area contributed by atoms with E-state index in [1.807, 2.05) is 17.6 Å². The van der Waals surface area contributed by atoms with Gasteiger partial charge >= 0.3 is 0 Å². The third kappa shape index (κ3) is 2.72. The highest BCUT2D eigenvalue weighted by Gasteiger charge is 2.17. The van der Waals surface area contributed by atoms with Gasteiger partial charge in [-0.15, -0.1) is 21.5 Å². The van der Waals surface area contributed by atoms with Crippen LogP contribution in [0, 0.1) is 13.8 Å². The van der Waals surface area contributed by atoms with E-state index in [2.05, 4.69) is 82.1 Å². The quantitative estimate of drug-likeness (QED) is 0.394. The molecule has 0 aliphatic heterocycles. The van der Waals surface area contributed by atoms with E-state index in [-0.39, 0.29) is 0 Å². The SMILES string of the molecule is Cc1cc(-c2ccccc2)cc(C)c1-n1cnnc1-c1cccc2scnc12. The Morgan fingerprint density at radius 2 is 1.64 bits per heavy atom. The molecule has 0 atom stereocenters. The van der Waals surface area contributed by atoms with Gasteiger partial charge in [-0.25, -0.2) is 4.98 Å². The highest BCUT2D eigenvalue weighted by molar-refractivity contribution is 7.16. The Hall–Kier alpha value is -3.31. The standard InChI is InChI=1S/C23H18N4S/c1-15-11-18(17-7-4-3-5-8-17)12-16(2)22(15)27-13-25-26-23(27)19-9-6-10-20-21(19)24-14-28-20/h3-14H,1-2H3. The smallest absolute Gasteiger partial charge is 0.170 e. The molecule has 0 amide bonds. The van der Waals surface area contributed by atoms with Gasteiger partial charge in [0.2, 0.25) is 0 Å². The minimum Gasteiger partial charge on any atom is -0.281 e. The molecule has 0 N–H and O–H groups in total. The molecule has 28 heavy (non-hydrogen) atoms. The highest BCUT2D eigenvalue weighted by Crippen LogP contribution is 2.33. The lowest BCUT2D eigenvalue weighted by atomic mass is 9.98. The second-order valence-electron chi connectivity index (χ2n) is 6.85. The van der Waals surface area contributed by atoms with Crippen molar-refractivity contribution < 1.29 is 0 Å². The van der Waals surface area contributed by atoms with Crippen LogP contribution in [0.25, 0.3) is 38.4 Å². The monoisotopic (exact) mass is 382 g/mol. The van der Waals surface area contributed by atoms with Gasteiger partial charge in [0.05, 0.1) is 21.4 Å². The van der Waals surface area contributed by atoms with E-state index in [0.717, 1.165) is 27.3 Å². The van der Waals surface area contributed by atoms with Crippen molar-refractivity contribution >= 4 is 21.6 Å². The van der Waals surface area contributed by atoms with Crippen molar-refractivity contribution in [2.24, 2.45) is 0 Å². The Morgan fingerprint density at radius 3 is 2.43 bits per heavy atom. The molecule has 0 bridgehead atoms. The van der Waals surface area contributed by atoms with Crippen LogP contribution in [-0.4, -0.2) is 19.7 Å². The maximum absolute atomic E-state index is 4.55. The van der Waals surface area contributed by atoms with Crippen molar-refractivity contribution in [3.63, 3.8) is 0 Å². The molecule has 5 rings (SSSR count). The Morgan fingerprint density at radius 1 is 0.857 bits per heavy atom. The zero-order valence-electron chi connectivity index (χ0n) is 15.6. The average Bonchev–Trinajstić information content (AvgIpc) is 3.37. The van der Waals surface area contributed by atoms with Crippen LogP contribution in [0.15, 0.2) is 72.5 Å². The van der Waals surface area contributed by atoms with Crippen molar-refractivity contribution in [3.8, 4) is 28.2 Å². The fourth-order valence-corrected chi connectivity index (χ4v) is 4.49. The minimum absolute atomic E-state index is 0.815. The summed E-state index contributed by atoms with van der Waals surface area (Å²) in [5, 5.41) is 8.65. The number of para-hydroxylation sites is 1. The maximum Gasteiger partial charge on any atom is 0.170 e. The van der Waals surface area contributed by atoms with Crippen LogP contribution in [0.1, 0.15) is 11.1 Å². The summed E-state index contributed by atoms with van der Waals surface area (Å²) in [6, 6.07) is 21.1. The number of fused-ring (bicyclic) bond motifs is 1. The second-order valence-corrected chi connectivity index (χ2v) is 7.74. The molecule has 0 fully saturated rings. The summed E-state index contributed by atoms with van der Waals surface area (Å²) in [5.41, 5.74) is 9.77. The van der Waals surface area contributed by atoms with Gasteiger partial charge in [-0.3, -0.25) is 4.57 Å². The molecule has 3 aromatic carbocycles. The second kappa shape index (κ2) is 6.69. The number of rotatable bonds is 3. The van der Waals surface area contributed by atoms with Gasteiger partial charge in [-0.1, -0.05) is 36.4 Å². The van der Waals surface area contributed by atoms with Crippen molar-refractivity contribution in [1.29, 1.82) is 0 Å². The van der Waals surface area contributed by atoms with Gasteiger partial charge in [0, 0.05) is 5.56 Å². The fourth-order valence-electron chi connectivity index (χ4n) is 3.78. The Balaban J connectivity index is 1.68.